The molecule has 0 N–H and O–H groups in total. The van der Waals surface area contributed by atoms with Crippen LogP contribution in [0.5, 0.6) is 0 Å². The molecule has 0 fully saturated rings. The van der Waals surface area contributed by atoms with Gasteiger partial charge in [-0.1, -0.05) is 13.8 Å². The van der Waals surface area contributed by atoms with Crippen molar-refractivity contribution in [2.24, 2.45) is 0 Å². The lowest BCUT2D eigenvalue weighted by Crippen LogP contribution is -1.98. The number of hydrogen-bond acceptors (Lipinski definition) is 3. The molecule has 1 heterocycles. The van der Waals surface area contributed by atoms with Gasteiger partial charge < -0.3 is 0 Å². The van der Waals surface area contributed by atoms with Gasteiger partial charge in [0.25, 0.3) is 0 Å². The van der Waals surface area contributed by atoms with Crippen molar-refractivity contribution in [1.82, 2.24) is 9.78 Å². The number of nitrogens with zero attached hydrogens (tertiary/aromatic N) is 3. The van der Waals surface area contributed by atoms with Gasteiger partial charge in [0.15, 0.2) is 0 Å². The lowest BCUT2D eigenvalue weighted by atomic mass is 10.3. The van der Waals surface area contributed by atoms with Crippen LogP contribution in [0.15, 0.2) is 6.20 Å². The Morgan fingerprint density at radius 3 is 2.93 bits per heavy atom. The van der Waals surface area contributed by atoms with Crippen molar-refractivity contribution in [2.45, 2.75) is 44.7 Å². The van der Waals surface area contributed by atoms with Gasteiger partial charge in [0.05, 0.1) is 24.7 Å². The Labute approximate surface area is 95.5 Å². The summed E-state index contributed by atoms with van der Waals surface area (Å²) >= 11 is 1.89. The van der Waals surface area contributed by atoms with Crippen LogP contribution in [0.3, 0.4) is 0 Å². The minimum absolute atomic E-state index is 0.526. The maximum atomic E-state index is 8.48. The number of hydrogen-bond donors (Lipinski definition) is 0. The third-order valence-corrected chi connectivity index (χ3v) is 3.16. The quantitative estimate of drug-likeness (QED) is 0.770. The zero-order valence-corrected chi connectivity index (χ0v) is 10.3. The molecule has 0 aliphatic rings. The number of thioether (sulfide) groups is 1. The molecule has 0 unspecified atom stereocenters. The summed E-state index contributed by atoms with van der Waals surface area (Å²) in [5.74, 6) is 0.961. The van der Waals surface area contributed by atoms with Gasteiger partial charge >= 0.3 is 0 Å². The average Bonchev–Trinajstić information content (AvgIpc) is 2.53. The van der Waals surface area contributed by atoms with Crippen LogP contribution >= 0.6 is 11.8 Å². The van der Waals surface area contributed by atoms with E-state index in [1.165, 1.54) is 5.56 Å². The van der Waals surface area contributed by atoms with Crippen molar-refractivity contribution in [2.75, 3.05) is 0 Å². The van der Waals surface area contributed by atoms with Crippen LogP contribution in [-0.2, 0) is 12.3 Å². The van der Waals surface area contributed by atoms with Gasteiger partial charge in [0, 0.05) is 11.9 Å². The lowest BCUT2D eigenvalue weighted by Gasteiger charge is -2.02. The third kappa shape index (κ3) is 3.96. The SMILES string of the molecule is Cc1cn(CCC#N)nc1CSC(C)C. The summed E-state index contributed by atoms with van der Waals surface area (Å²) in [5, 5.41) is 13.6. The normalized spacial score (nSPS) is 10.6. The molecule has 1 aromatic heterocycles. The Balaban J connectivity index is 2.57. The standard InChI is InChI=1S/C11H17N3S/c1-9(2)15-8-11-10(3)7-14(13-11)6-4-5-12/h7,9H,4,6,8H2,1-3H3. The van der Waals surface area contributed by atoms with Gasteiger partial charge in [-0.05, 0) is 17.7 Å². The first-order valence-corrected chi connectivity index (χ1v) is 6.20. The zero-order chi connectivity index (χ0) is 11.3. The molecule has 82 valence electrons. The first-order chi connectivity index (χ1) is 7.13. The average molecular weight is 223 g/mol. The summed E-state index contributed by atoms with van der Waals surface area (Å²) in [5.41, 5.74) is 2.37. The molecule has 0 aliphatic heterocycles. The highest BCUT2D eigenvalue weighted by Crippen LogP contribution is 2.18. The molecular formula is C11H17N3S. The van der Waals surface area contributed by atoms with E-state index in [1.807, 2.05) is 22.6 Å². The van der Waals surface area contributed by atoms with Gasteiger partial charge in [-0.2, -0.15) is 22.1 Å². The number of nitriles is 1. The molecule has 1 aromatic rings. The molecule has 0 bridgehead atoms. The van der Waals surface area contributed by atoms with E-state index < -0.39 is 0 Å². The Hall–Kier alpha value is -0.950. The molecule has 15 heavy (non-hydrogen) atoms. The Morgan fingerprint density at radius 1 is 1.60 bits per heavy atom. The van der Waals surface area contributed by atoms with E-state index in [2.05, 4.69) is 31.9 Å². The molecule has 0 atom stereocenters. The molecule has 0 amide bonds. The molecule has 0 aliphatic carbocycles. The van der Waals surface area contributed by atoms with E-state index in [1.54, 1.807) is 0 Å². The molecule has 0 radical (unpaired) electrons. The van der Waals surface area contributed by atoms with Crippen molar-refractivity contribution in [3.05, 3.63) is 17.5 Å². The smallest absolute Gasteiger partial charge is 0.0752 e. The minimum Gasteiger partial charge on any atom is -0.271 e. The van der Waals surface area contributed by atoms with E-state index >= 15 is 0 Å². The second-order valence-electron chi connectivity index (χ2n) is 3.79. The Bertz CT molecular complexity index is 349. The molecule has 1 rings (SSSR count). The maximum absolute atomic E-state index is 8.48. The van der Waals surface area contributed by atoms with Crippen molar-refractivity contribution in [3.63, 3.8) is 0 Å². The van der Waals surface area contributed by atoms with Gasteiger partial charge in [-0.15, -0.1) is 0 Å². The van der Waals surface area contributed by atoms with Crippen LogP contribution in [0.4, 0.5) is 0 Å². The Kier molecular flexibility index (Phi) is 4.70. The summed E-state index contributed by atoms with van der Waals surface area (Å²) in [6, 6.07) is 2.13. The largest absolute Gasteiger partial charge is 0.271 e. The summed E-state index contributed by atoms with van der Waals surface area (Å²) in [4.78, 5) is 0. The number of aryl methyl sites for hydroxylation is 2. The van der Waals surface area contributed by atoms with Crippen LogP contribution in [-0.4, -0.2) is 15.0 Å². The van der Waals surface area contributed by atoms with Crippen molar-refractivity contribution in [1.29, 1.82) is 5.26 Å². The highest BCUT2D eigenvalue weighted by Gasteiger charge is 2.05. The van der Waals surface area contributed by atoms with Gasteiger partial charge in [-0.25, -0.2) is 0 Å². The number of rotatable bonds is 5. The van der Waals surface area contributed by atoms with Crippen LogP contribution in [0, 0.1) is 18.3 Å². The highest BCUT2D eigenvalue weighted by atomic mass is 32.2. The molecule has 3 nitrogen and oxygen atoms in total. The first kappa shape index (κ1) is 12.1. The molecule has 0 saturated heterocycles. The second-order valence-corrected chi connectivity index (χ2v) is 5.35. The predicted molar refractivity (Wildman–Crippen MR) is 63.6 cm³/mol. The van der Waals surface area contributed by atoms with Gasteiger partial charge in [0.2, 0.25) is 0 Å². The monoisotopic (exact) mass is 223 g/mol. The Morgan fingerprint density at radius 2 is 2.33 bits per heavy atom. The molecular weight excluding hydrogens is 206 g/mol. The number of aromatic nitrogens is 2. The topological polar surface area (TPSA) is 41.6 Å². The van der Waals surface area contributed by atoms with E-state index in [0.29, 0.717) is 18.2 Å². The summed E-state index contributed by atoms with van der Waals surface area (Å²) in [6.45, 7) is 7.15. The maximum Gasteiger partial charge on any atom is 0.0752 e. The van der Waals surface area contributed by atoms with Gasteiger partial charge in [-0.3, -0.25) is 4.68 Å². The predicted octanol–water partition coefficient (Wildman–Crippen LogP) is 2.75. The van der Waals surface area contributed by atoms with E-state index in [-0.39, 0.29) is 0 Å². The van der Waals surface area contributed by atoms with Crippen molar-refractivity contribution < 1.29 is 0 Å². The molecule has 0 spiro atoms. The minimum atomic E-state index is 0.526. The summed E-state index contributed by atoms with van der Waals surface area (Å²) in [7, 11) is 0. The van der Waals surface area contributed by atoms with Crippen molar-refractivity contribution in [3.8, 4) is 6.07 Å². The van der Waals surface area contributed by atoms with Crippen molar-refractivity contribution >= 4 is 11.8 Å². The second kappa shape index (κ2) is 5.82. The zero-order valence-electron chi connectivity index (χ0n) is 9.53. The van der Waals surface area contributed by atoms with Gasteiger partial charge in [0.1, 0.15) is 0 Å². The fourth-order valence-electron chi connectivity index (χ4n) is 1.23. The first-order valence-electron chi connectivity index (χ1n) is 5.15. The molecule has 0 saturated carbocycles. The lowest BCUT2D eigenvalue weighted by molar-refractivity contribution is 0.621. The van der Waals surface area contributed by atoms with Crippen LogP contribution in [0.2, 0.25) is 0 Å². The fraction of sp³-hybridized carbons (Fsp3) is 0.636. The highest BCUT2D eigenvalue weighted by molar-refractivity contribution is 7.99. The molecule has 4 heteroatoms. The van der Waals surface area contributed by atoms with Crippen LogP contribution in [0.1, 0.15) is 31.5 Å². The third-order valence-electron chi connectivity index (χ3n) is 2.05. The fourth-order valence-corrected chi connectivity index (χ4v) is 2.00. The van der Waals surface area contributed by atoms with E-state index in [0.717, 1.165) is 11.4 Å². The van der Waals surface area contributed by atoms with Crippen LogP contribution in [0.25, 0.3) is 0 Å². The summed E-state index contributed by atoms with van der Waals surface area (Å²) < 4.78 is 1.87. The molecule has 0 aromatic carbocycles. The van der Waals surface area contributed by atoms with Crippen LogP contribution < -0.4 is 0 Å². The summed E-state index contributed by atoms with van der Waals surface area (Å²) in [6.07, 6.45) is 2.55. The van der Waals surface area contributed by atoms with E-state index in [9.17, 15) is 0 Å². The van der Waals surface area contributed by atoms with E-state index in [4.69, 9.17) is 5.26 Å².